The van der Waals surface area contributed by atoms with E-state index in [-0.39, 0.29) is 21.9 Å². The first-order chi connectivity index (χ1) is 13.0. The van der Waals surface area contributed by atoms with Gasteiger partial charge in [0.25, 0.3) is 11.8 Å². The van der Waals surface area contributed by atoms with Crippen molar-refractivity contribution in [3.8, 4) is 0 Å². The molecular weight excluding hydrogens is 364 g/mol. The van der Waals surface area contributed by atoms with Crippen molar-refractivity contribution >= 4 is 46.9 Å². The second-order valence-electron chi connectivity index (χ2n) is 5.61. The van der Waals surface area contributed by atoms with Crippen LogP contribution in [0.3, 0.4) is 0 Å². The van der Waals surface area contributed by atoms with Crippen molar-refractivity contribution in [3.63, 3.8) is 0 Å². The maximum absolute atomic E-state index is 12.8. The lowest BCUT2D eigenvalue weighted by Crippen LogP contribution is -2.54. The number of carboxylic acid groups (broad SMARTS) is 1. The summed E-state index contributed by atoms with van der Waals surface area (Å²) in [6.45, 7) is 0. The van der Waals surface area contributed by atoms with Gasteiger partial charge in [0.15, 0.2) is 5.11 Å². The highest BCUT2D eigenvalue weighted by Crippen LogP contribution is 2.22. The number of hydrogen-bond acceptors (Lipinski definition) is 4. The molecule has 2 aromatic carbocycles. The fourth-order valence-electron chi connectivity index (χ4n) is 2.51. The number of carbonyl (C=O) groups excluding carboxylic acids is 2. The highest BCUT2D eigenvalue weighted by atomic mass is 32.1. The van der Waals surface area contributed by atoms with Gasteiger partial charge in [-0.15, -0.1) is 0 Å². The Morgan fingerprint density at radius 3 is 2.52 bits per heavy atom. The van der Waals surface area contributed by atoms with Crippen LogP contribution in [0.1, 0.15) is 15.9 Å². The second-order valence-corrected chi connectivity index (χ2v) is 5.99. The van der Waals surface area contributed by atoms with Crippen LogP contribution in [-0.4, -0.2) is 28.0 Å². The Balaban J connectivity index is 1.92. The number of aromatic carboxylic acids is 1. The molecule has 27 heavy (non-hydrogen) atoms. The summed E-state index contributed by atoms with van der Waals surface area (Å²) in [5.74, 6) is -2.35. The number of nitrogens with zero attached hydrogens (tertiary/aromatic N) is 1. The first-order valence-electron chi connectivity index (χ1n) is 7.94. The molecule has 0 bridgehead atoms. The van der Waals surface area contributed by atoms with Crippen LogP contribution in [0.25, 0.3) is 6.08 Å². The predicted octanol–water partition coefficient (Wildman–Crippen LogP) is 2.77. The molecule has 1 aliphatic heterocycles. The molecule has 1 saturated heterocycles. The third kappa shape index (κ3) is 3.99. The standard InChI is InChI=1S/C20H14N2O4S/c23-17-16(11-4-8-13-6-2-1-3-7-13)18(24)22(20(27)21-17)15-10-5-9-14(12-15)19(25)26/h1-12H,(H,25,26)(H,21,23,27). The summed E-state index contributed by atoms with van der Waals surface area (Å²) in [4.78, 5) is 37.2. The molecular formula is C20H14N2O4S. The van der Waals surface area contributed by atoms with Gasteiger partial charge in [0, 0.05) is 0 Å². The number of benzene rings is 2. The first-order valence-corrected chi connectivity index (χ1v) is 8.35. The summed E-state index contributed by atoms with van der Waals surface area (Å²) in [5, 5.41) is 11.5. The molecule has 2 N–H and O–H groups in total. The van der Waals surface area contributed by atoms with Crippen molar-refractivity contribution in [1.29, 1.82) is 0 Å². The number of anilines is 1. The quantitative estimate of drug-likeness (QED) is 0.485. The molecule has 0 unspecified atom stereocenters. The molecule has 0 radical (unpaired) electrons. The van der Waals surface area contributed by atoms with Gasteiger partial charge >= 0.3 is 5.97 Å². The molecule has 7 heteroatoms. The summed E-state index contributed by atoms with van der Waals surface area (Å²) in [7, 11) is 0. The lowest BCUT2D eigenvalue weighted by Gasteiger charge is -2.28. The van der Waals surface area contributed by atoms with Crippen LogP contribution in [0.15, 0.2) is 72.3 Å². The van der Waals surface area contributed by atoms with Crippen LogP contribution in [0.5, 0.6) is 0 Å². The van der Waals surface area contributed by atoms with Crippen molar-refractivity contribution in [2.45, 2.75) is 0 Å². The normalized spacial score (nSPS) is 16.1. The number of rotatable bonds is 4. The van der Waals surface area contributed by atoms with Gasteiger partial charge in [-0.3, -0.25) is 19.8 Å². The number of amides is 2. The highest BCUT2D eigenvalue weighted by Gasteiger charge is 2.34. The Hall–Kier alpha value is -3.58. The topological polar surface area (TPSA) is 86.7 Å². The Morgan fingerprint density at radius 1 is 1.07 bits per heavy atom. The Labute approximate surface area is 160 Å². The van der Waals surface area contributed by atoms with Gasteiger partial charge in [-0.1, -0.05) is 48.6 Å². The molecule has 1 fully saturated rings. The number of nitrogens with one attached hydrogen (secondary N) is 1. The summed E-state index contributed by atoms with van der Waals surface area (Å²) >= 11 is 5.09. The minimum Gasteiger partial charge on any atom is -0.478 e. The van der Waals surface area contributed by atoms with E-state index in [0.717, 1.165) is 10.5 Å². The molecule has 6 nitrogen and oxygen atoms in total. The van der Waals surface area contributed by atoms with E-state index in [9.17, 15) is 14.4 Å². The van der Waals surface area contributed by atoms with Crippen molar-refractivity contribution in [1.82, 2.24) is 5.32 Å². The van der Waals surface area contributed by atoms with Crippen LogP contribution < -0.4 is 10.2 Å². The van der Waals surface area contributed by atoms with Gasteiger partial charge in [0.05, 0.1) is 11.3 Å². The zero-order valence-electron chi connectivity index (χ0n) is 14.0. The fraction of sp³-hybridized carbons (Fsp3) is 0. The van der Waals surface area contributed by atoms with Gasteiger partial charge in [-0.2, -0.15) is 0 Å². The maximum Gasteiger partial charge on any atom is 0.335 e. The minimum atomic E-state index is -1.13. The molecule has 2 aromatic rings. The smallest absolute Gasteiger partial charge is 0.335 e. The van der Waals surface area contributed by atoms with Crippen LogP contribution in [0.2, 0.25) is 0 Å². The Morgan fingerprint density at radius 2 is 1.81 bits per heavy atom. The zero-order chi connectivity index (χ0) is 19.4. The van der Waals surface area contributed by atoms with E-state index < -0.39 is 17.8 Å². The monoisotopic (exact) mass is 378 g/mol. The Kier molecular flexibility index (Phi) is 5.23. The van der Waals surface area contributed by atoms with Gasteiger partial charge in [-0.25, -0.2) is 4.79 Å². The highest BCUT2D eigenvalue weighted by molar-refractivity contribution is 7.80. The van der Waals surface area contributed by atoms with Crippen molar-refractivity contribution < 1.29 is 19.5 Å². The number of hydrogen-bond donors (Lipinski definition) is 2. The molecule has 1 aliphatic rings. The van der Waals surface area contributed by atoms with Crippen LogP contribution in [-0.2, 0) is 9.59 Å². The van der Waals surface area contributed by atoms with E-state index in [4.69, 9.17) is 17.3 Å². The lowest BCUT2D eigenvalue weighted by atomic mass is 10.1. The van der Waals surface area contributed by atoms with Gasteiger partial charge < -0.3 is 5.11 Å². The number of carboxylic acids is 1. The number of thiocarbonyl (C=S) groups is 1. The summed E-state index contributed by atoms with van der Waals surface area (Å²) < 4.78 is 0. The van der Waals surface area contributed by atoms with Crippen LogP contribution in [0.4, 0.5) is 5.69 Å². The summed E-state index contributed by atoms with van der Waals surface area (Å²) in [6, 6.07) is 15.2. The zero-order valence-corrected chi connectivity index (χ0v) is 14.8. The minimum absolute atomic E-state index is 0.00880. The molecule has 3 rings (SSSR count). The van der Waals surface area contributed by atoms with Crippen molar-refractivity contribution in [3.05, 3.63) is 83.4 Å². The summed E-state index contributed by atoms with van der Waals surface area (Å²) in [6.07, 6.45) is 4.76. The molecule has 0 atom stereocenters. The average molecular weight is 378 g/mol. The molecule has 0 aliphatic carbocycles. The largest absolute Gasteiger partial charge is 0.478 e. The van der Waals surface area contributed by atoms with Crippen molar-refractivity contribution in [2.75, 3.05) is 4.90 Å². The van der Waals surface area contributed by atoms with E-state index in [0.29, 0.717) is 0 Å². The van der Waals surface area contributed by atoms with Crippen LogP contribution >= 0.6 is 12.2 Å². The molecule has 0 spiro atoms. The Bertz CT molecular complexity index is 996. The average Bonchev–Trinajstić information content (AvgIpc) is 2.65. The van der Waals surface area contributed by atoms with E-state index in [1.54, 1.807) is 18.2 Å². The van der Waals surface area contributed by atoms with Gasteiger partial charge in [0.2, 0.25) is 0 Å². The third-order valence-electron chi connectivity index (χ3n) is 3.80. The van der Waals surface area contributed by atoms with Crippen molar-refractivity contribution in [2.24, 2.45) is 0 Å². The van der Waals surface area contributed by atoms with Crippen LogP contribution in [0, 0.1) is 0 Å². The van der Waals surface area contributed by atoms with Gasteiger partial charge in [0.1, 0.15) is 5.57 Å². The number of carbonyl (C=O) groups is 3. The molecule has 2 amide bonds. The number of allylic oxidation sites excluding steroid dienone is 2. The SMILES string of the molecule is O=C1NC(=S)N(c2cccc(C(=O)O)c2)C(=O)C1=CC=Cc1ccccc1. The van der Waals surface area contributed by atoms with E-state index >= 15 is 0 Å². The third-order valence-corrected chi connectivity index (χ3v) is 4.09. The first kappa shape index (κ1) is 18.2. The molecule has 1 heterocycles. The lowest BCUT2D eigenvalue weighted by molar-refractivity contribution is -0.122. The molecule has 134 valence electrons. The maximum atomic E-state index is 12.8. The van der Waals surface area contributed by atoms with E-state index in [2.05, 4.69) is 5.32 Å². The fourth-order valence-corrected chi connectivity index (χ4v) is 2.79. The second kappa shape index (κ2) is 7.76. The van der Waals surface area contributed by atoms with E-state index in [1.165, 1.54) is 24.3 Å². The van der Waals surface area contributed by atoms with Gasteiger partial charge in [-0.05, 0) is 42.1 Å². The summed E-state index contributed by atoms with van der Waals surface area (Å²) in [5.41, 5.74) is 1.09. The molecule has 0 saturated carbocycles. The van der Waals surface area contributed by atoms with E-state index in [1.807, 2.05) is 30.3 Å². The predicted molar refractivity (Wildman–Crippen MR) is 105 cm³/mol. The molecule has 0 aromatic heterocycles.